The maximum Gasteiger partial charge on any atom is 0.328 e. The molecule has 2 heterocycles. The minimum Gasteiger partial charge on any atom is -0.460 e. The molecule has 0 spiro atoms. The van der Waals surface area contributed by atoms with E-state index in [1.165, 1.54) is 0 Å². The van der Waals surface area contributed by atoms with E-state index in [1.807, 2.05) is 73.7 Å². The van der Waals surface area contributed by atoms with E-state index in [2.05, 4.69) is 0 Å². The van der Waals surface area contributed by atoms with Gasteiger partial charge < -0.3 is 9.47 Å². The van der Waals surface area contributed by atoms with Gasteiger partial charge in [-0.15, -0.1) is 0 Å². The topological polar surface area (TPSA) is 52.6 Å². The van der Waals surface area contributed by atoms with Crippen molar-refractivity contribution in [3.8, 4) is 0 Å². The van der Waals surface area contributed by atoms with Crippen molar-refractivity contribution in [3.05, 3.63) is 77.9 Å². The highest BCUT2D eigenvalue weighted by Gasteiger charge is 2.60. The van der Waals surface area contributed by atoms with Gasteiger partial charge in [-0.1, -0.05) is 60.2 Å². The lowest BCUT2D eigenvalue weighted by atomic mass is 9.93. The Labute approximate surface area is 155 Å². The van der Waals surface area contributed by atoms with Gasteiger partial charge in [0.2, 0.25) is 0 Å². The highest BCUT2D eigenvalue weighted by molar-refractivity contribution is 7.87. The Morgan fingerprint density at radius 1 is 1.15 bits per heavy atom. The summed E-state index contributed by atoms with van der Waals surface area (Å²) in [6, 6.07) is 16.9. The molecule has 1 unspecified atom stereocenters. The number of ether oxygens (including phenoxy) is 2. The second-order valence-electron chi connectivity index (χ2n) is 6.72. The van der Waals surface area contributed by atoms with Crippen molar-refractivity contribution in [1.29, 1.82) is 0 Å². The Morgan fingerprint density at radius 3 is 2.50 bits per heavy atom. The van der Waals surface area contributed by atoms with Gasteiger partial charge in [0.05, 0.1) is 16.9 Å². The van der Waals surface area contributed by atoms with Crippen LogP contribution >= 0.6 is 0 Å². The number of aryl methyl sites for hydroxylation is 1. The molecular formula is C21H20O4S. The molecule has 4 atom stereocenters. The number of esters is 1. The van der Waals surface area contributed by atoms with Gasteiger partial charge in [-0.25, -0.2) is 0 Å². The van der Waals surface area contributed by atoms with Crippen molar-refractivity contribution >= 4 is 16.8 Å². The SMILES string of the molecule is Cc1ccc(S(=O)[C@]2(C(=O)OCc3ccccc3)C[C@H]3C=C[C@H]2O3)cc1. The summed E-state index contributed by atoms with van der Waals surface area (Å²) in [5, 5.41) is 0. The third-order valence-electron chi connectivity index (χ3n) is 4.91. The summed E-state index contributed by atoms with van der Waals surface area (Å²) in [5.74, 6) is -0.461. The van der Waals surface area contributed by atoms with E-state index in [0.29, 0.717) is 11.3 Å². The zero-order chi connectivity index (χ0) is 18.1. The predicted molar refractivity (Wildman–Crippen MR) is 99.0 cm³/mol. The van der Waals surface area contributed by atoms with Crippen LogP contribution < -0.4 is 0 Å². The van der Waals surface area contributed by atoms with E-state index in [1.54, 1.807) is 0 Å². The minimum absolute atomic E-state index is 0.160. The molecule has 0 aromatic heterocycles. The molecule has 2 aliphatic rings. The van der Waals surface area contributed by atoms with Crippen molar-refractivity contribution in [3.63, 3.8) is 0 Å². The molecule has 2 aromatic rings. The van der Waals surface area contributed by atoms with Gasteiger partial charge in [-0.2, -0.15) is 0 Å². The normalized spacial score (nSPS) is 27.4. The van der Waals surface area contributed by atoms with E-state index in [0.717, 1.165) is 11.1 Å². The molecule has 1 fully saturated rings. The standard InChI is InChI=1S/C21H20O4S/c1-15-7-10-18(11-8-15)26(23)21(13-17-9-12-19(21)25-17)20(22)24-14-16-5-3-2-4-6-16/h2-12,17,19H,13-14H2,1H3/t17-,19-,21-,26?/m1/s1. The third kappa shape index (κ3) is 2.91. The fourth-order valence-corrected chi connectivity index (χ4v) is 5.15. The first-order valence-electron chi connectivity index (χ1n) is 8.63. The quantitative estimate of drug-likeness (QED) is 0.600. The molecule has 1 saturated heterocycles. The van der Waals surface area contributed by atoms with Crippen LogP contribution in [0.4, 0.5) is 0 Å². The van der Waals surface area contributed by atoms with Gasteiger partial charge >= 0.3 is 5.97 Å². The number of carbonyl (C=O) groups is 1. The summed E-state index contributed by atoms with van der Waals surface area (Å²) >= 11 is 0. The molecule has 26 heavy (non-hydrogen) atoms. The van der Waals surface area contributed by atoms with Crippen LogP contribution in [0.2, 0.25) is 0 Å². The van der Waals surface area contributed by atoms with E-state index >= 15 is 0 Å². The molecule has 0 radical (unpaired) electrons. The van der Waals surface area contributed by atoms with E-state index in [4.69, 9.17) is 9.47 Å². The van der Waals surface area contributed by atoms with Crippen LogP contribution in [0.25, 0.3) is 0 Å². The van der Waals surface area contributed by atoms with Crippen LogP contribution in [0, 0.1) is 6.92 Å². The Morgan fingerprint density at radius 2 is 1.88 bits per heavy atom. The smallest absolute Gasteiger partial charge is 0.328 e. The second-order valence-corrected chi connectivity index (χ2v) is 8.45. The van der Waals surface area contributed by atoms with E-state index in [9.17, 15) is 9.00 Å². The number of hydrogen-bond acceptors (Lipinski definition) is 4. The Bertz CT molecular complexity index is 859. The van der Waals surface area contributed by atoms with Crippen LogP contribution in [0.3, 0.4) is 0 Å². The van der Waals surface area contributed by atoms with Crippen molar-refractivity contribution < 1.29 is 18.5 Å². The molecular weight excluding hydrogens is 348 g/mol. The highest BCUT2D eigenvalue weighted by atomic mass is 32.2. The largest absolute Gasteiger partial charge is 0.460 e. The van der Waals surface area contributed by atoms with Gasteiger partial charge in [0.1, 0.15) is 12.7 Å². The third-order valence-corrected chi connectivity index (χ3v) is 6.84. The first kappa shape index (κ1) is 17.2. The van der Waals surface area contributed by atoms with Crippen molar-refractivity contribution in [2.75, 3.05) is 0 Å². The van der Waals surface area contributed by atoms with Crippen LogP contribution in [-0.2, 0) is 31.7 Å². The number of hydrogen-bond donors (Lipinski definition) is 0. The average molecular weight is 368 g/mol. The van der Waals surface area contributed by atoms with Gasteiger partial charge in [-0.3, -0.25) is 9.00 Å². The summed E-state index contributed by atoms with van der Waals surface area (Å²) in [4.78, 5) is 13.7. The summed E-state index contributed by atoms with van der Waals surface area (Å²) < 4.78 is 23.6. The molecule has 4 nitrogen and oxygen atoms in total. The van der Waals surface area contributed by atoms with Crippen LogP contribution in [0.1, 0.15) is 17.5 Å². The second kappa shape index (κ2) is 6.82. The van der Waals surface area contributed by atoms with E-state index < -0.39 is 27.6 Å². The lowest BCUT2D eigenvalue weighted by Crippen LogP contribution is -2.50. The van der Waals surface area contributed by atoms with Crippen LogP contribution in [0.5, 0.6) is 0 Å². The lowest BCUT2D eigenvalue weighted by Gasteiger charge is -2.30. The van der Waals surface area contributed by atoms with Gasteiger partial charge in [0, 0.05) is 11.3 Å². The first-order chi connectivity index (χ1) is 12.6. The molecule has 0 aliphatic carbocycles. The van der Waals surface area contributed by atoms with E-state index in [-0.39, 0.29) is 12.7 Å². The summed E-state index contributed by atoms with van der Waals surface area (Å²) in [5.41, 5.74) is 1.98. The number of carbonyl (C=O) groups excluding carboxylic acids is 1. The van der Waals surface area contributed by atoms with Crippen LogP contribution in [0.15, 0.2) is 71.6 Å². The zero-order valence-corrected chi connectivity index (χ0v) is 15.3. The van der Waals surface area contributed by atoms with Gasteiger partial charge in [0.15, 0.2) is 4.75 Å². The van der Waals surface area contributed by atoms with Crippen molar-refractivity contribution in [2.45, 2.75) is 41.8 Å². The zero-order valence-electron chi connectivity index (χ0n) is 14.5. The Hall–Kier alpha value is -2.24. The molecule has 0 saturated carbocycles. The molecule has 0 N–H and O–H groups in total. The molecule has 4 rings (SSSR count). The van der Waals surface area contributed by atoms with Crippen molar-refractivity contribution in [2.24, 2.45) is 0 Å². The summed E-state index contributed by atoms with van der Waals surface area (Å²) in [6.45, 7) is 2.13. The summed E-state index contributed by atoms with van der Waals surface area (Å²) in [6.07, 6.45) is 3.45. The predicted octanol–water partition coefficient (Wildman–Crippen LogP) is 3.31. The Balaban J connectivity index is 1.62. The fraction of sp³-hybridized carbons (Fsp3) is 0.286. The minimum atomic E-state index is -1.56. The first-order valence-corrected chi connectivity index (χ1v) is 9.78. The lowest BCUT2D eigenvalue weighted by molar-refractivity contribution is -0.149. The van der Waals surface area contributed by atoms with Crippen molar-refractivity contribution in [1.82, 2.24) is 0 Å². The number of fused-ring (bicyclic) bond motifs is 2. The maximum atomic E-state index is 13.4. The monoisotopic (exact) mass is 368 g/mol. The van der Waals surface area contributed by atoms with Crippen LogP contribution in [-0.4, -0.2) is 27.1 Å². The average Bonchev–Trinajstić information content (AvgIpc) is 3.29. The Kier molecular flexibility index (Phi) is 4.51. The molecule has 2 bridgehead atoms. The number of rotatable bonds is 5. The molecule has 0 amide bonds. The highest BCUT2D eigenvalue weighted by Crippen LogP contribution is 2.44. The molecule has 134 valence electrons. The summed E-state index contributed by atoms with van der Waals surface area (Å²) in [7, 11) is -1.56. The molecule has 5 heteroatoms. The fourth-order valence-electron chi connectivity index (χ4n) is 3.47. The van der Waals surface area contributed by atoms with Gasteiger partial charge in [-0.05, 0) is 24.6 Å². The molecule has 2 aliphatic heterocycles. The van der Waals surface area contributed by atoms with Gasteiger partial charge in [0.25, 0.3) is 0 Å². The number of benzene rings is 2. The molecule has 2 aromatic carbocycles. The maximum absolute atomic E-state index is 13.4.